The van der Waals surface area contributed by atoms with Crippen molar-refractivity contribution in [1.82, 2.24) is 6.15 Å². The van der Waals surface area contributed by atoms with Gasteiger partial charge in [0.15, 0.2) is 6.54 Å². The summed E-state index contributed by atoms with van der Waals surface area (Å²) in [5, 5.41) is -0.280. The molecule has 0 aromatic carbocycles. The second kappa shape index (κ2) is 3.82. The van der Waals surface area contributed by atoms with Crippen LogP contribution in [0, 0.1) is 0 Å². The van der Waals surface area contributed by atoms with Crippen LogP contribution < -0.4 is 6.15 Å². The predicted octanol–water partition coefficient (Wildman–Crippen LogP) is 0.620. The van der Waals surface area contributed by atoms with Gasteiger partial charge in [0.2, 0.25) is 0 Å². The molecule has 56 valence electrons. The summed E-state index contributed by atoms with van der Waals surface area (Å²) in [5.74, 6) is 0. The molecule has 0 saturated heterocycles. The molecular formula is C5H14ClN2O+. The zero-order valence-electron chi connectivity index (χ0n) is 6.15. The fourth-order valence-electron chi connectivity index (χ4n) is 0.373. The molecule has 0 fully saturated rings. The van der Waals surface area contributed by atoms with Crippen molar-refractivity contribution < 1.29 is 9.28 Å². The maximum atomic E-state index is 10.2. The Bertz CT molecular complexity index is 97.6. The largest absolute Gasteiger partial charge is 0.344 e. The third-order valence-corrected chi connectivity index (χ3v) is 0.718. The molecule has 0 aliphatic carbocycles. The van der Waals surface area contributed by atoms with Crippen LogP contribution in [0.15, 0.2) is 0 Å². The summed E-state index contributed by atoms with van der Waals surface area (Å²) in [6, 6.07) is 0. The quantitative estimate of drug-likeness (QED) is 0.467. The number of halogens is 1. The number of hydrogen-bond acceptors (Lipinski definition) is 2. The Balaban J connectivity index is 0. The Hall–Kier alpha value is -0.120. The fraction of sp³-hybridized carbons (Fsp3) is 0.800. The molecule has 3 N–H and O–H groups in total. The summed E-state index contributed by atoms with van der Waals surface area (Å²) in [5.41, 5.74) is 0. The van der Waals surface area contributed by atoms with Gasteiger partial charge in [0, 0.05) is 0 Å². The Kier molecular flexibility index (Phi) is 4.95. The van der Waals surface area contributed by atoms with Gasteiger partial charge in [-0.25, -0.2) is 0 Å². The average Bonchev–Trinajstić information content (AvgIpc) is 1.21. The average molecular weight is 154 g/mol. The molecule has 0 heterocycles. The van der Waals surface area contributed by atoms with E-state index in [0.717, 1.165) is 0 Å². The molecule has 0 radical (unpaired) electrons. The van der Waals surface area contributed by atoms with Crippen molar-refractivity contribution in [2.75, 3.05) is 27.7 Å². The Morgan fingerprint density at radius 1 is 1.44 bits per heavy atom. The van der Waals surface area contributed by atoms with Gasteiger partial charge < -0.3 is 10.6 Å². The standard InChI is InChI=1S/C5H11ClNO.H3N/c1-7(2,3)4-5(6)8;/h4H2,1-3H3;1H3/q+1;. The van der Waals surface area contributed by atoms with Crippen LogP contribution >= 0.6 is 11.6 Å². The lowest BCUT2D eigenvalue weighted by molar-refractivity contribution is -0.861. The highest BCUT2D eigenvalue weighted by atomic mass is 35.5. The molecule has 4 heteroatoms. The molecule has 0 aromatic heterocycles. The van der Waals surface area contributed by atoms with Crippen LogP contribution in [0.3, 0.4) is 0 Å². The van der Waals surface area contributed by atoms with Crippen molar-refractivity contribution in [3.05, 3.63) is 0 Å². The first-order valence-corrected chi connectivity index (χ1v) is 2.78. The number of carbonyl (C=O) groups is 1. The molecule has 0 aromatic rings. The van der Waals surface area contributed by atoms with Crippen LogP contribution in [0.4, 0.5) is 0 Å². The van der Waals surface area contributed by atoms with E-state index in [1.807, 2.05) is 21.1 Å². The van der Waals surface area contributed by atoms with Crippen LogP contribution in [0.25, 0.3) is 0 Å². The highest BCUT2D eigenvalue weighted by molar-refractivity contribution is 6.63. The number of likely N-dealkylation sites (N-methyl/N-ethyl adjacent to an activating group) is 1. The van der Waals surface area contributed by atoms with E-state index in [-0.39, 0.29) is 11.4 Å². The summed E-state index contributed by atoms with van der Waals surface area (Å²) in [4.78, 5) is 10.2. The van der Waals surface area contributed by atoms with Crippen LogP contribution in [0.1, 0.15) is 0 Å². The first-order chi connectivity index (χ1) is 3.42. The van der Waals surface area contributed by atoms with Crippen molar-refractivity contribution in [3.8, 4) is 0 Å². The van der Waals surface area contributed by atoms with E-state index in [0.29, 0.717) is 11.0 Å². The van der Waals surface area contributed by atoms with Crippen LogP contribution in [-0.2, 0) is 4.79 Å². The fourth-order valence-corrected chi connectivity index (χ4v) is 0.732. The van der Waals surface area contributed by atoms with Crippen molar-refractivity contribution in [2.45, 2.75) is 0 Å². The van der Waals surface area contributed by atoms with Crippen LogP contribution in [-0.4, -0.2) is 37.4 Å². The molecule has 0 rings (SSSR count). The van der Waals surface area contributed by atoms with Crippen LogP contribution in [0.5, 0.6) is 0 Å². The Morgan fingerprint density at radius 3 is 1.78 bits per heavy atom. The highest BCUT2D eigenvalue weighted by Crippen LogP contribution is 1.91. The lowest BCUT2D eigenvalue weighted by Crippen LogP contribution is -2.37. The van der Waals surface area contributed by atoms with Gasteiger partial charge in [-0.2, -0.15) is 0 Å². The van der Waals surface area contributed by atoms with E-state index in [4.69, 9.17) is 11.6 Å². The smallest absolute Gasteiger partial charge is 0.276 e. The van der Waals surface area contributed by atoms with Crippen molar-refractivity contribution in [1.29, 1.82) is 0 Å². The molecule has 0 spiro atoms. The molecule has 0 saturated carbocycles. The van der Waals surface area contributed by atoms with E-state index >= 15 is 0 Å². The number of carbonyl (C=O) groups excluding carboxylic acids is 1. The highest BCUT2D eigenvalue weighted by Gasteiger charge is 2.10. The summed E-state index contributed by atoms with van der Waals surface area (Å²) in [6.45, 7) is 0.390. The topological polar surface area (TPSA) is 52.1 Å². The van der Waals surface area contributed by atoms with E-state index in [1.165, 1.54) is 0 Å². The molecule has 0 amide bonds. The minimum absolute atomic E-state index is 0. The number of quaternary nitrogens is 1. The predicted molar refractivity (Wildman–Crippen MR) is 38.8 cm³/mol. The van der Waals surface area contributed by atoms with Gasteiger partial charge in [-0.15, -0.1) is 0 Å². The number of rotatable bonds is 2. The van der Waals surface area contributed by atoms with E-state index < -0.39 is 0 Å². The number of nitrogens with zero attached hydrogens (tertiary/aromatic N) is 1. The monoisotopic (exact) mass is 153 g/mol. The molecule has 0 aliphatic rings. The molecule has 0 bridgehead atoms. The SMILES string of the molecule is C[N+](C)(C)CC(=O)Cl.N. The second-order valence-electron chi connectivity index (χ2n) is 2.80. The summed E-state index contributed by atoms with van der Waals surface area (Å²) in [7, 11) is 5.75. The van der Waals surface area contributed by atoms with Gasteiger partial charge in [0.25, 0.3) is 5.24 Å². The molecular weight excluding hydrogens is 140 g/mol. The second-order valence-corrected chi connectivity index (χ2v) is 3.23. The van der Waals surface area contributed by atoms with Gasteiger partial charge >= 0.3 is 0 Å². The summed E-state index contributed by atoms with van der Waals surface area (Å²) < 4.78 is 0.600. The van der Waals surface area contributed by atoms with Crippen molar-refractivity contribution >= 4 is 16.8 Å². The maximum Gasteiger partial charge on any atom is 0.276 e. The number of hydrogen-bond donors (Lipinski definition) is 1. The Labute approximate surface area is 60.8 Å². The van der Waals surface area contributed by atoms with Gasteiger partial charge in [0.1, 0.15) is 0 Å². The van der Waals surface area contributed by atoms with Gasteiger partial charge in [-0.3, -0.25) is 4.79 Å². The third-order valence-electron chi connectivity index (χ3n) is 0.599. The molecule has 0 aliphatic heterocycles. The maximum absolute atomic E-state index is 10.2. The molecule has 9 heavy (non-hydrogen) atoms. The minimum Gasteiger partial charge on any atom is -0.344 e. The molecule has 3 nitrogen and oxygen atoms in total. The van der Waals surface area contributed by atoms with E-state index in [2.05, 4.69) is 0 Å². The van der Waals surface area contributed by atoms with Crippen LogP contribution in [0.2, 0.25) is 0 Å². The lowest BCUT2D eigenvalue weighted by atomic mass is 10.5. The molecule has 0 unspecified atom stereocenters. The zero-order valence-corrected chi connectivity index (χ0v) is 6.90. The normalized spacial score (nSPS) is 10.2. The van der Waals surface area contributed by atoms with Gasteiger partial charge in [-0.1, -0.05) is 0 Å². The third kappa shape index (κ3) is 11.4. The van der Waals surface area contributed by atoms with Gasteiger partial charge in [-0.05, 0) is 11.6 Å². The Morgan fingerprint density at radius 2 is 1.78 bits per heavy atom. The van der Waals surface area contributed by atoms with E-state index in [9.17, 15) is 4.79 Å². The van der Waals surface area contributed by atoms with Crippen molar-refractivity contribution in [3.63, 3.8) is 0 Å². The lowest BCUT2D eigenvalue weighted by Gasteiger charge is -2.20. The van der Waals surface area contributed by atoms with E-state index in [1.54, 1.807) is 0 Å². The summed E-state index contributed by atoms with van der Waals surface area (Å²) in [6.07, 6.45) is 0. The molecule has 0 atom stereocenters. The summed E-state index contributed by atoms with van der Waals surface area (Å²) >= 11 is 5.11. The van der Waals surface area contributed by atoms with Gasteiger partial charge in [0.05, 0.1) is 21.1 Å². The minimum atomic E-state index is -0.280. The zero-order chi connectivity index (χ0) is 6.78. The first kappa shape index (κ1) is 11.6. The first-order valence-electron chi connectivity index (χ1n) is 2.40. The van der Waals surface area contributed by atoms with Crippen molar-refractivity contribution in [2.24, 2.45) is 0 Å².